The second kappa shape index (κ2) is 7.12. The van der Waals surface area contributed by atoms with Crippen LogP contribution in [-0.4, -0.2) is 19.0 Å². The van der Waals surface area contributed by atoms with Crippen molar-refractivity contribution < 1.29 is 18.3 Å². The van der Waals surface area contributed by atoms with Crippen molar-refractivity contribution >= 4 is 5.78 Å². The lowest BCUT2D eigenvalue weighted by molar-refractivity contribution is -0.119. The summed E-state index contributed by atoms with van der Waals surface area (Å²) in [7, 11) is 0. The lowest BCUT2D eigenvalue weighted by Crippen LogP contribution is -2.08. The highest BCUT2D eigenvalue weighted by molar-refractivity contribution is 5.80. The number of hydrogen-bond acceptors (Lipinski definition) is 2. The fourth-order valence-corrected chi connectivity index (χ4v) is 1.40. The number of Topliss-reactive ketones (excluding diaryl/α,β-unsaturated/α-hetero) is 1. The van der Waals surface area contributed by atoms with E-state index in [-0.39, 0.29) is 24.2 Å². The molecule has 0 spiro atoms. The molecule has 0 aliphatic rings. The van der Waals surface area contributed by atoms with Gasteiger partial charge >= 0.3 is 0 Å². The molecule has 0 saturated heterocycles. The Labute approximate surface area is 99.6 Å². The summed E-state index contributed by atoms with van der Waals surface area (Å²) in [5, 5.41) is 0. The highest BCUT2D eigenvalue weighted by atomic mass is 19.1. The Morgan fingerprint density at radius 1 is 1.29 bits per heavy atom. The smallest absolute Gasteiger partial charge is 0.139 e. The molecule has 0 heterocycles. The van der Waals surface area contributed by atoms with Gasteiger partial charge < -0.3 is 4.74 Å². The van der Waals surface area contributed by atoms with Gasteiger partial charge in [0.05, 0.1) is 6.61 Å². The van der Waals surface area contributed by atoms with E-state index in [0.29, 0.717) is 13.2 Å². The van der Waals surface area contributed by atoms with E-state index in [2.05, 4.69) is 0 Å². The molecule has 0 aromatic heterocycles. The van der Waals surface area contributed by atoms with Gasteiger partial charge in [-0.2, -0.15) is 0 Å². The van der Waals surface area contributed by atoms with Crippen molar-refractivity contribution in [2.75, 3.05) is 13.2 Å². The monoisotopic (exact) mass is 242 g/mol. The second-order valence-electron chi connectivity index (χ2n) is 3.81. The van der Waals surface area contributed by atoms with Gasteiger partial charge in [-0.1, -0.05) is 13.0 Å². The number of hydrogen-bond donors (Lipinski definition) is 0. The van der Waals surface area contributed by atoms with Gasteiger partial charge in [0.25, 0.3) is 0 Å². The minimum absolute atomic E-state index is 0.0123. The third-order valence-electron chi connectivity index (χ3n) is 2.28. The molecule has 4 heteroatoms. The molecule has 0 atom stereocenters. The largest absolute Gasteiger partial charge is 0.381 e. The summed E-state index contributed by atoms with van der Waals surface area (Å²) in [6, 6.07) is 3.24. The first-order valence-electron chi connectivity index (χ1n) is 5.67. The number of carbonyl (C=O) groups excluding carboxylic acids is 1. The molecule has 2 nitrogen and oxygen atoms in total. The van der Waals surface area contributed by atoms with Crippen LogP contribution in [0.3, 0.4) is 0 Å². The highest BCUT2D eigenvalue weighted by Gasteiger charge is 2.09. The number of carbonyl (C=O) groups is 1. The number of ether oxygens (including phenoxy) is 1. The van der Waals surface area contributed by atoms with E-state index in [4.69, 9.17) is 4.74 Å². The SMILES string of the molecule is CCCOCCC(=O)Cc1ccc(F)cc1F. The van der Waals surface area contributed by atoms with Gasteiger partial charge in [0.15, 0.2) is 0 Å². The summed E-state index contributed by atoms with van der Waals surface area (Å²) in [5.41, 5.74) is 0.229. The number of benzene rings is 1. The van der Waals surface area contributed by atoms with Gasteiger partial charge in [0.2, 0.25) is 0 Å². The summed E-state index contributed by atoms with van der Waals surface area (Å²) in [6.45, 7) is 2.96. The molecule has 94 valence electrons. The quantitative estimate of drug-likeness (QED) is 0.687. The number of ketones is 1. The zero-order valence-corrected chi connectivity index (χ0v) is 9.84. The van der Waals surface area contributed by atoms with Crippen molar-refractivity contribution in [3.05, 3.63) is 35.4 Å². The van der Waals surface area contributed by atoms with E-state index in [9.17, 15) is 13.6 Å². The first kappa shape index (κ1) is 13.8. The van der Waals surface area contributed by atoms with Crippen LogP contribution in [0.5, 0.6) is 0 Å². The Kier molecular flexibility index (Phi) is 5.77. The summed E-state index contributed by atoms with van der Waals surface area (Å²) >= 11 is 0. The molecule has 0 saturated carbocycles. The van der Waals surface area contributed by atoms with Gasteiger partial charge in [-0.15, -0.1) is 0 Å². The second-order valence-corrected chi connectivity index (χ2v) is 3.81. The van der Waals surface area contributed by atoms with Gasteiger partial charge in [-0.05, 0) is 18.1 Å². The molecule has 0 fully saturated rings. The summed E-state index contributed by atoms with van der Waals surface area (Å²) in [5.74, 6) is -1.41. The first-order chi connectivity index (χ1) is 8.13. The van der Waals surface area contributed by atoms with Crippen molar-refractivity contribution in [2.45, 2.75) is 26.2 Å². The zero-order chi connectivity index (χ0) is 12.7. The van der Waals surface area contributed by atoms with Crippen molar-refractivity contribution in [1.82, 2.24) is 0 Å². The van der Waals surface area contributed by atoms with E-state index in [1.807, 2.05) is 6.92 Å². The van der Waals surface area contributed by atoms with Crippen molar-refractivity contribution in [3.8, 4) is 0 Å². The standard InChI is InChI=1S/C13H16F2O2/c1-2-6-17-7-5-12(16)8-10-3-4-11(14)9-13(10)15/h3-4,9H,2,5-8H2,1H3. The van der Waals surface area contributed by atoms with Crippen LogP contribution < -0.4 is 0 Å². The summed E-state index contributed by atoms with van der Waals surface area (Å²) in [6.07, 6.45) is 1.15. The maximum absolute atomic E-state index is 13.2. The molecule has 0 amide bonds. The van der Waals surface area contributed by atoms with E-state index in [0.717, 1.165) is 18.6 Å². The third-order valence-corrected chi connectivity index (χ3v) is 2.28. The molecule has 0 aliphatic carbocycles. The lowest BCUT2D eigenvalue weighted by atomic mass is 10.1. The Bertz CT molecular complexity index is 378. The van der Waals surface area contributed by atoms with Crippen LogP contribution >= 0.6 is 0 Å². The average Bonchev–Trinajstić information content (AvgIpc) is 2.28. The minimum Gasteiger partial charge on any atom is -0.381 e. The summed E-state index contributed by atoms with van der Waals surface area (Å²) < 4.78 is 31.0. The normalized spacial score (nSPS) is 10.5. The number of rotatable bonds is 7. The van der Waals surface area contributed by atoms with E-state index < -0.39 is 11.6 Å². The Balaban J connectivity index is 2.40. The Hall–Kier alpha value is -1.29. The number of halogens is 2. The fraction of sp³-hybridized carbons (Fsp3) is 0.462. The first-order valence-corrected chi connectivity index (χ1v) is 5.67. The van der Waals surface area contributed by atoms with Gasteiger partial charge in [0, 0.05) is 25.5 Å². The fourth-order valence-electron chi connectivity index (χ4n) is 1.40. The molecular weight excluding hydrogens is 226 g/mol. The highest BCUT2D eigenvalue weighted by Crippen LogP contribution is 2.11. The predicted octanol–water partition coefficient (Wildman–Crippen LogP) is 2.89. The van der Waals surface area contributed by atoms with Crippen molar-refractivity contribution in [2.24, 2.45) is 0 Å². The van der Waals surface area contributed by atoms with Crippen LogP contribution in [0.2, 0.25) is 0 Å². The van der Waals surface area contributed by atoms with Crippen LogP contribution in [0, 0.1) is 11.6 Å². The molecule has 17 heavy (non-hydrogen) atoms. The average molecular weight is 242 g/mol. The van der Waals surface area contributed by atoms with Crippen molar-refractivity contribution in [1.29, 1.82) is 0 Å². The minimum atomic E-state index is -0.673. The van der Waals surface area contributed by atoms with E-state index in [1.54, 1.807) is 0 Å². The predicted molar refractivity (Wildman–Crippen MR) is 60.8 cm³/mol. The topological polar surface area (TPSA) is 26.3 Å². The van der Waals surface area contributed by atoms with Crippen LogP contribution in [0.25, 0.3) is 0 Å². The molecule has 1 aromatic rings. The van der Waals surface area contributed by atoms with Crippen LogP contribution in [0.1, 0.15) is 25.3 Å². The van der Waals surface area contributed by atoms with Crippen LogP contribution in [-0.2, 0) is 16.0 Å². The third kappa shape index (κ3) is 5.04. The molecule has 0 bridgehead atoms. The molecule has 1 rings (SSSR count). The Morgan fingerprint density at radius 2 is 2.06 bits per heavy atom. The van der Waals surface area contributed by atoms with E-state index in [1.165, 1.54) is 6.07 Å². The van der Waals surface area contributed by atoms with Crippen molar-refractivity contribution in [3.63, 3.8) is 0 Å². The molecule has 0 radical (unpaired) electrons. The lowest BCUT2D eigenvalue weighted by Gasteiger charge is -2.04. The molecule has 0 N–H and O–H groups in total. The Morgan fingerprint density at radius 3 is 2.71 bits per heavy atom. The molecular formula is C13H16F2O2. The van der Waals surface area contributed by atoms with Crippen LogP contribution in [0.15, 0.2) is 18.2 Å². The zero-order valence-electron chi connectivity index (χ0n) is 9.84. The summed E-state index contributed by atoms with van der Waals surface area (Å²) in [4.78, 5) is 11.5. The van der Waals surface area contributed by atoms with Gasteiger partial charge in [0.1, 0.15) is 17.4 Å². The maximum Gasteiger partial charge on any atom is 0.139 e. The van der Waals surface area contributed by atoms with Gasteiger partial charge in [-0.25, -0.2) is 8.78 Å². The van der Waals surface area contributed by atoms with Crippen LogP contribution in [0.4, 0.5) is 8.78 Å². The van der Waals surface area contributed by atoms with E-state index >= 15 is 0 Å². The maximum atomic E-state index is 13.2. The molecule has 1 aromatic carbocycles. The molecule has 0 aliphatic heterocycles. The van der Waals surface area contributed by atoms with Gasteiger partial charge in [-0.3, -0.25) is 4.79 Å². The molecule has 0 unspecified atom stereocenters.